The molecule has 0 spiro atoms. The third-order valence-corrected chi connectivity index (χ3v) is 4.41. The minimum atomic E-state index is -0.562. The van der Waals surface area contributed by atoms with Crippen molar-refractivity contribution in [2.24, 2.45) is 23.7 Å². The summed E-state index contributed by atoms with van der Waals surface area (Å²) in [7, 11) is 3.71. The van der Waals surface area contributed by atoms with E-state index in [1.165, 1.54) is 5.56 Å². The molecule has 1 atom stereocenters. The largest absolute Gasteiger partial charge is 0.454 e. The Bertz CT molecular complexity index is 769. The van der Waals surface area contributed by atoms with Crippen LogP contribution in [0.25, 0.3) is 0 Å². The Kier molecular flexibility index (Phi) is 7.06. The summed E-state index contributed by atoms with van der Waals surface area (Å²) < 4.78 is 7.22. The van der Waals surface area contributed by atoms with E-state index in [2.05, 4.69) is 26.5 Å². The molecule has 26 heavy (non-hydrogen) atoms. The van der Waals surface area contributed by atoms with Crippen molar-refractivity contribution in [3.63, 3.8) is 0 Å². The molecule has 0 aliphatic carbocycles. The first-order valence-corrected chi connectivity index (χ1v) is 8.36. The quantitative estimate of drug-likeness (QED) is 0.389. The highest BCUT2D eigenvalue weighted by molar-refractivity contribution is 14.0. The van der Waals surface area contributed by atoms with Crippen molar-refractivity contribution in [2.75, 3.05) is 20.1 Å². The number of nitrogens with two attached hydrogens (primary N) is 1. The number of halogens is 1. The van der Waals surface area contributed by atoms with Crippen LogP contribution in [0.2, 0.25) is 0 Å². The second kappa shape index (κ2) is 9.06. The molecule has 9 heteroatoms. The number of guanidine groups is 1. The predicted molar refractivity (Wildman–Crippen MR) is 109 cm³/mol. The molecule has 0 radical (unpaired) electrons. The topological polar surface area (TPSA) is 102 Å². The summed E-state index contributed by atoms with van der Waals surface area (Å²) in [6, 6.07) is 3.33. The zero-order chi connectivity index (χ0) is 17.8. The molecule has 3 N–H and O–H groups in total. The van der Waals surface area contributed by atoms with Crippen molar-refractivity contribution in [1.82, 2.24) is 20.0 Å². The van der Waals surface area contributed by atoms with Crippen LogP contribution >= 0.6 is 24.0 Å². The van der Waals surface area contributed by atoms with Gasteiger partial charge in [0.2, 0.25) is 0 Å². The van der Waals surface area contributed by atoms with Crippen LogP contribution in [-0.4, -0.2) is 46.7 Å². The SMILES string of the molecule is CN=C(NCc1ccc(C(N)=O)o1)N1CCC(Cc2cnn(C)c2)C1.I. The second-order valence-corrected chi connectivity index (χ2v) is 6.36. The highest BCUT2D eigenvalue weighted by atomic mass is 127. The molecule has 1 unspecified atom stereocenters. The van der Waals surface area contributed by atoms with E-state index < -0.39 is 5.91 Å². The number of hydrogen-bond acceptors (Lipinski definition) is 4. The molecule has 1 amide bonds. The first-order valence-electron chi connectivity index (χ1n) is 8.36. The van der Waals surface area contributed by atoms with Crippen LogP contribution in [0.5, 0.6) is 0 Å². The average molecular weight is 472 g/mol. The lowest BCUT2D eigenvalue weighted by molar-refractivity contribution is 0.0972. The van der Waals surface area contributed by atoms with Crippen LogP contribution in [0.1, 0.15) is 28.3 Å². The number of nitrogens with zero attached hydrogens (tertiary/aromatic N) is 4. The lowest BCUT2D eigenvalue weighted by Gasteiger charge is -2.21. The molecular weight excluding hydrogens is 447 g/mol. The van der Waals surface area contributed by atoms with E-state index in [9.17, 15) is 4.79 Å². The molecule has 0 bridgehead atoms. The number of nitrogens with one attached hydrogen (secondary N) is 1. The maximum absolute atomic E-state index is 11.1. The van der Waals surface area contributed by atoms with Gasteiger partial charge in [0.1, 0.15) is 5.76 Å². The lowest BCUT2D eigenvalue weighted by atomic mass is 10.0. The van der Waals surface area contributed by atoms with Gasteiger partial charge in [-0.1, -0.05) is 0 Å². The van der Waals surface area contributed by atoms with E-state index in [1.807, 2.05) is 17.9 Å². The zero-order valence-electron chi connectivity index (χ0n) is 15.0. The summed E-state index contributed by atoms with van der Waals surface area (Å²) in [6.07, 6.45) is 6.16. The molecule has 8 nitrogen and oxygen atoms in total. The molecule has 142 valence electrons. The third kappa shape index (κ3) is 4.99. The third-order valence-electron chi connectivity index (χ3n) is 4.41. The van der Waals surface area contributed by atoms with Gasteiger partial charge in [-0.15, -0.1) is 24.0 Å². The number of furan rings is 1. The van der Waals surface area contributed by atoms with Crippen LogP contribution in [0.15, 0.2) is 33.9 Å². The number of aromatic nitrogens is 2. The Morgan fingerprint density at radius 1 is 1.50 bits per heavy atom. The van der Waals surface area contributed by atoms with Crippen molar-refractivity contribution in [1.29, 1.82) is 0 Å². The zero-order valence-corrected chi connectivity index (χ0v) is 17.3. The second-order valence-electron chi connectivity index (χ2n) is 6.36. The number of aliphatic imine (C=N–C) groups is 1. The molecular formula is C17H25IN6O2. The molecule has 0 aromatic carbocycles. The molecule has 1 aliphatic rings. The van der Waals surface area contributed by atoms with Gasteiger partial charge in [0.15, 0.2) is 11.7 Å². The summed E-state index contributed by atoms with van der Waals surface area (Å²) in [6.45, 7) is 2.39. The van der Waals surface area contributed by atoms with E-state index in [0.29, 0.717) is 18.2 Å². The average Bonchev–Trinajstić information content (AvgIpc) is 3.30. The summed E-state index contributed by atoms with van der Waals surface area (Å²) in [5, 5.41) is 7.51. The van der Waals surface area contributed by atoms with Crippen LogP contribution < -0.4 is 11.1 Å². The standard InChI is InChI=1S/C17H24N6O2.HI/c1-19-17(20-9-14-3-4-15(25-14)16(18)24)23-6-5-12(11-23)7-13-8-21-22(2)10-13;/h3-4,8,10,12H,5-7,9,11H2,1-2H3,(H2,18,24)(H,19,20);1H. The van der Waals surface area contributed by atoms with Crippen molar-refractivity contribution >= 4 is 35.8 Å². The number of carbonyl (C=O) groups is 1. The summed E-state index contributed by atoms with van der Waals surface area (Å²) >= 11 is 0. The number of rotatable bonds is 5. The minimum absolute atomic E-state index is 0. The highest BCUT2D eigenvalue weighted by Crippen LogP contribution is 2.20. The van der Waals surface area contributed by atoms with E-state index in [4.69, 9.17) is 10.2 Å². The van der Waals surface area contributed by atoms with Crippen molar-refractivity contribution in [3.8, 4) is 0 Å². The Hall–Kier alpha value is -2.04. The Labute approximate surface area is 169 Å². The minimum Gasteiger partial charge on any atom is -0.454 e. The monoisotopic (exact) mass is 472 g/mol. The van der Waals surface area contributed by atoms with Gasteiger partial charge in [-0.2, -0.15) is 5.10 Å². The van der Waals surface area contributed by atoms with E-state index in [-0.39, 0.29) is 29.7 Å². The van der Waals surface area contributed by atoms with Gasteiger partial charge in [0.05, 0.1) is 12.7 Å². The van der Waals surface area contributed by atoms with Gasteiger partial charge < -0.3 is 20.4 Å². The predicted octanol–water partition coefficient (Wildman–Crippen LogP) is 1.37. The normalized spacial score (nSPS) is 17.2. The molecule has 1 aliphatic heterocycles. The highest BCUT2D eigenvalue weighted by Gasteiger charge is 2.25. The summed E-state index contributed by atoms with van der Waals surface area (Å²) in [4.78, 5) is 17.7. The molecule has 3 rings (SSSR count). The fraction of sp³-hybridized carbons (Fsp3) is 0.471. The fourth-order valence-corrected chi connectivity index (χ4v) is 3.21. The maximum atomic E-state index is 11.1. The van der Waals surface area contributed by atoms with Gasteiger partial charge >= 0.3 is 0 Å². The Balaban J connectivity index is 0.00000243. The number of aryl methyl sites for hydroxylation is 1. The molecule has 2 aromatic rings. The molecule has 1 fully saturated rings. The smallest absolute Gasteiger partial charge is 0.284 e. The summed E-state index contributed by atoms with van der Waals surface area (Å²) in [5.74, 6) is 1.69. The van der Waals surface area contributed by atoms with Gasteiger partial charge in [-0.3, -0.25) is 14.5 Å². The van der Waals surface area contributed by atoms with Crippen LogP contribution in [0, 0.1) is 5.92 Å². The fourth-order valence-electron chi connectivity index (χ4n) is 3.21. The Morgan fingerprint density at radius 3 is 2.92 bits per heavy atom. The number of likely N-dealkylation sites (tertiary alicyclic amines) is 1. The maximum Gasteiger partial charge on any atom is 0.284 e. The number of hydrogen-bond donors (Lipinski definition) is 2. The number of primary amides is 1. The van der Waals surface area contributed by atoms with Gasteiger partial charge in [-0.25, -0.2) is 0 Å². The molecule has 0 saturated carbocycles. The number of carbonyl (C=O) groups excluding carboxylic acids is 1. The molecule has 1 saturated heterocycles. The van der Waals surface area contributed by atoms with Gasteiger partial charge in [-0.05, 0) is 36.5 Å². The summed E-state index contributed by atoms with van der Waals surface area (Å²) in [5.41, 5.74) is 6.47. The van der Waals surface area contributed by atoms with Crippen LogP contribution in [0.4, 0.5) is 0 Å². The first-order chi connectivity index (χ1) is 12.0. The van der Waals surface area contributed by atoms with Gasteiger partial charge in [0, 0.05) is 33.4 Å². The van der Waals surface area contributed by atoms with Crippen molar-refractivity contribution in [2.45, 2.75) is 19.4 Å². The Morgan fingerprint density at radius 2 is 2.31 bits per heavy atom. The lowest BCUT2D eigenvalue weighted by Crippen LogP contribution is -2.39. The van der Waals surface area contributed by atoms with Gasteiger partial charge in [0.25, 0.3) is 5.91 Å². The van der Waals surface area contributed by atoms with Crippen molar-refractivity contribution < 1.29 is 9.21 Å². The van der Waals surface area contributed by atoms with E-state index >= 15 is 0 Å². The van der Waals surface area contributed by atoms with E-state index in [1.54, 1.807) is 19.2 Å². The molecule has 3 heterocycles. The van der Waals surface area contributed by atoms with Crippen molar-refractivity contribution in [3.05, 3.63) is 41.6 Å². The van der Waals surface area contributed by atoms with Crippen LogP contribution in [0.3, 0.4) is 0 Å². The number of amides is 1. The van der Waals surface area contributed by atoms with E-state index in [0.717, 1.165) is 31.9 Å². The molecule has 2 aromatic heterocycles. The first kappa shape index (κ1) is 20.3. The van der Waals surface area contributed by atoms with Crippen LogP contribution in [-0.2, 0) is 20.0 Å².